The summed E-state index contributed by atoms with van der Waals surface area (Å²) in [6.07, 6.45) is 0. The molecule has 0 bridgehead atoms. The number of nitrogens with two attached hydrogens (primary N) is 1. The summed E-state index contributed by atoms with van der Waals surface area (Å²) in [4.78, 5) is 13.1. The van der Waals surface area contributed by atoms with Crippen LogP contribution < -0.4 is 10.5 Å². The second kappa shape index (κ2) is 4.84. The molecule has 2 aromatic rings. The fourth-order valence-electron chi connectivity index (χ4n) is 1.62. The predicted molar refractivity (Wildman–Crippen MR) is 74.9 cm³/mol. The lowest BCUT2D eigenvalue weighted by Crippen LogP contribution is -2.15. The molecule has 0 amide bonds. The van der Waals surface area contributed by atoms with Crippen LogP contribution in [0.3, 0.4) is 0 Å². The van der Waals surface area contributed by atoms with Crippen LogP contribution in [-0.4, -0.2) is 22.1 Å². The van der Waals surface area contributed by atoms with E-state index >= 15 is 0 Å². The van der Waals surface area contributed by atoms with Crippen LogP contribution in [0.5, 0.6) is 5.88 Å². The van der Waals surface area contributed by atoms with Crippen molar-refractivity contribution in [3.63, 3.8) is 0 Å². The highest BCUT2D eigenvalue weighted by Gasteiger charge is 2.18. The highest BCUT2D eigenvalue weighted by atomic mass is 16.5. The third-order valence-electron chi connectivity index (χ3n) is 2.68. The van der Waals surface area contributed by atoms with Crippen molar-refractivity contribution in [2.75, 3.05) is 12.8 Å². The Morgan fingerprint density at radius 1 is 1.11 bits per heavy atom. The molecule has 0 spiro atoms. The molecule has 0 unspecified atom stereocenters. The van der Waals surface area contributed by atoms with E-state index in [0.29, 0.717) is 23.2 Å². The number of nitrogens with zero attached hydrogens (tertiary/aromatic N) is 3. The lowest BCUT2D eigenvalue weighted by atomic mass is 9.92. The maximum Gasteiger partial charge on any atom is 0.213 e. The number of anilines is 1. The molecular weight excluding hydrogens is 240 g/mol. The van der Waals surface area contributed by atoms with Gasteiger partial charge in [-0.25, -0.2) is 15.0 Å². The van der Waals surface area contributed by atoms with Crippen molar-refractivity contribution in [3.8, 4) is 17.4 Å². The summed E-state index contributed by atoms with van der Waals surface area (Å²) in [5, 5.41) is 0. The number of ether oxygens (including phenoxy) is 1. The van der Waals surface area contributed by atoms with Crippen molar-refractivity contribution < 1.29 is 4.74 Å². The molecule has 0 radical (unpaired) electrons. The molecule has 0 atom stereocenters. The van der Waals surface area contributed by atoms with Crippen molar-refractivity contribution in [2.24, 2.45) is 0 Å². The zero-order valence-electron chi connectivity index (χ0n) is 11.6. The van der Waals surface area contributed by atoms with Gasteiger partial charge in [0.15, 0.2) is 5.82 Å². The molecule has 0 aromatic carbocycles. The minimum Gasteiger partial charge on any atom is -0.481 e. The second-order valence-corrected chi connectivity index (χ2v) is 5.32. The third-order valence-corrected chi connectivity index (χ3v) is 2.68. The van der Waals surface area contributed by atoms with Gasteiger partial charge < -0.3 is 10.5 Å². The second-order valence-electron chi connectivity index (χ2n) is 5.32. The molecule has 2 aromatic heterocycles. The number of nitrogen functional groups attached to an aromatic ring is 1. The van der Waals surface area contributed by atoms with Gasteiger partial charge >= 0.3 is 0 Å². The summed E-state index contributed by atoms with van der Waals surface area (Å²) in [6.45, 7) is 6.24. The molecule has 0 saturated carbocycles. The maximum atomic E-state index is 5.85. The lowest BCUT2D eigenvalue weighted by Gasteiger charge is -2.18. The molecule has 5 heteroatoms. The highest BCUT2D eigenvalue weighted by Crippen LogP contribution is 2.24. The van der Waals surface area contributed by atoms with Gasteiger partial charge in [-0.2, -0.15) is 0 Å². The van der Waals surface area contributed by atoms with E-state index in [0.717, 1.165) is 5.69 Å². The standard InChI is InChI=1S/C14H18N4O/c1-14(2,3)10-8-11(15)18-13(17-10)9-6-5-7-12(16-9)19-4/h5-8H,1-4H3,(H2,15,17,18). The van der Waals surface area contributed by atoms with Gasteiger partial charge in [-0.15, -0.1) is 0 Å². The van der Waals surface area contributed by atoms with Crippen LogP contribution in [0.2, 0.25) is 0 Å². The van der Waals surface area contributed by atoms with Crippen molar-refractivity contribution >= 4 is 5.82 Å². The Kier molecular flexibility index (Phi) is 3.38. The summed E-state index contributed by atoms with van der Waals surface area (Å²) >= 11 is 0. The molecule has 0 aliphatic heterocycles. The minimum absolute atomic E-state index is 0.0926. The Morgan fingerprint density at radius 3 is 2.47 bits per heavy atom. The molecule has 0 fully saturated rings. The van der Waals surface area contributed by atoms with Gasteiger partial charge in [0.1, 0.15) is 11.5 Å². The quantitative estimate of drug-likeness (QED) is 0.895. The van der Waals surface area contributed by atoms with Gasteiger partial charge in [-0.1, -0.05) is 26.8 Å². The molecule has 0 saturated heterocycles. The summed E-state index contributed by atoms with van der Waals surface area (Å²) in [5.74, 6) is 1.49. The minimum atomic E-state index is -0.0926. The van der Waals surface area contributed by atoms with Gasteiger partial charge in [0, 0.05) is 17.5 Å². The van der Waals surface area contributed by atoms with Crippen molar-refractivity contribution in [1.29, 1.82) is 0 Å². The van der Waals surface area contributed by atoms with Crippen LogP contribution in [0.25, 0.3) is 11.5 Å². The molecule has 0 aliphatic rings. The summed E-state index contributed by atoms with van der Waals surface area (Å²) in [7, 11) is 1.58. The van der Waals surface area contributed by atoms with Gasteiger partial charge in [-0.05, 0) is 6.07 Å². The van der Waals surface area contributed by atoms with Gasteiger partial charge in [-0.3, -0.25) is 0 Å². The number of pyridine rings is 1. The van der Waals surface area contributed by atoms with E-state index in [4.69, 9.17) is 10.5 Å². The lowest BCUT2D eigenvalue weighted by molar-refractivity contribution is 0.398. The van der Waals surface area contributed by atoms with E-state index in [1.165, 1.54) is 0 Å². The molecular formula is C14H18N4O. The van der Waals surface area contributed by atoms with Gasteiger partial charge in [0.25, 0.3) is 0 Å². The van der Waals surface area contributed by atoms with Crippen LogP contribution >= 0.6 is 0 Å². The first kappa shape index (κ1) is 13.3. The first-order valence-corrected chi connectivity index (χ1v) is 6.06. The van der Waals surface area contributed by atoms with E-state index in [-0.39, 0.29) is 5.41 Å². The Bertz CT molecular complexity index is 590. The Labute approximate surface area is 112 Å². The van der Waals surface area contributed by atoms with Crippen LogP contribution in [0.4, 0.5) is 5.82 Å². The molecule has 5 nitrogen and oxygen atoms in total. The normalized spacial score (nSPS) is 11.4. The maximum absolute atomic E-state index is 5.85. The monoisotopic (exact) mass is 258 g/mol. The summed E-state index contributed by atoms with van der Waals surface area (Å²) < 4.78 is 5.11. The van der Waals surface area contributed by atoms with Gasteiger partial charge in [0.05, 0.1) is 12.8 Å². The fraction of sp³-hybridized carbons (Fsp3) is 0.357. The SMILES string of the molecule is COc1cccc(-c2nc(N)cc(C(C)(C)C)n2)n1. The van der Waals surface area contributed by atoms with E-state index in [1.54, 1.807) is 19.2 Å². The Balaban J connectivity index is 2.53. The largest absolute Gasteiger partial charge is 0.481 e. The van der Waals surface area contributed by atoms with E-state index in [2.05, 4.69) is 35.7 Å². The van der Waals surface area contributed by atoms with Crippen molar-refractivity contribution in [3.05, 3.63) is 30.0 Å². The van der Waals surface area contributed by atoms with Crippen LogP contribution in [0.15, 0.2) is 24.3 Å². The summed E-state index contributed by atoms with van der Waals surface area (Å²) in [5.41, 5.74) is 7.30. The number of hydrogen-bond acceptors (Lipinski definition) is 5. The fourth-order valence-corrected chi connectivity index (χ4v) is 1.62. The molecule has 2 rings (SSSR count). The van der Waals surface area contributed by atoms with Crippen LogP contribution in [0.1, 0.15) is 26.5 Å². The summed E-state index contributed by atoms with van der Waals surface area (Å²) in [6, 6.07) is 7.26. The van der Waals surface area contributed by atoms with E-state index in [9.17, 15) is 0 Å². The Hall–Kier alpha value is -2.17. The highest BCUT2D eigenvalue weighted by molar-refractivity contribution is 5.53. The number of methoxy groups -OCH3 is 1. The molecule has 2 heterocycles. The number of hydrogen-bond donors (Lipinski definition) is 1. The first-order chi connectivity index (χ1) is 8.90. The third kappa shape index (κ3) is 2.99. The van der Waals surface area contributed by atoms with Crippen molar-refractivity contribution in [2.45, 2.75) is 26.2 Å². The molecule has 2 N–H and O–H groups in total. The number of rotatable bonds is 2. The van der Waals surface area contributed by atoms with E-state index in [1.807, 2.05) is 12.1 Å². The number of aromatic nitrogens is 3. The average Bonchev–Trinajstić information content (AvgIpc) is 2.37. The molecule has 0 aliphatic carbocycles. The van der Waals surface area contributed by atoms with Crippen molar-refractivity contribution in [1.82, 2.24) is 15.0 Å². The van der Waals surface area contributed by atoms with Crippen LogP contribution in [0, 0.1) is 0 Å². The molecule has 100 valence electrons. The average molecular weight is 258 g/mol. The Morgan fingerprint density at radius 2 is 1.84 bits per heavy atom. The van der Waals surface area contributed by atoms with Crippen LogP contribution in [-0.2, 0) is 5.41 Å². The van der Waals surface area contributed by atoms with Gasteiger partial charge in [0.2, 0.25) is 5.88 Å². The predicted octanol–water partition coefficient (Wildman–Crippen LogP) is 2.43. The molecule has 19 heavy (non-hydrogen) atoms. The van der Waals surface area contributed by atoms with E-state index < -0.39 is 0 Å². The smallest absolute Gasteiger partial charge is 0.213 e. The zero-order chi connectivity index (χ0) is 14.0. The topological polar surface area (TPSA) is 73.9 Å². The first-order valence-electron chi connectivity index (χ1n) is 6.06. The zero-order valence-corrected chi connectivity index (χ0v) is 11.6.